The van der Waals surface area contributed by atoms with Crippen molar-refractivity contribution in [2.75, 3.05) is 19.6 Å². The number of hydrogen-bond donors (Lipinski definition) is 0. The quantitative estimate of drug-likeness (QED) is 0.0736. The van der Waals surface area contributed by atoms with E-state index in [4.69, 9.17) is 0 Å². The van der Waals surface area contributed by atoms with Gasteiger partial charge in [-0.1, -0.05) is 195 Å². The average molecular weight is 550 g/mol. The third kappa shape index (κ3) is 34.1. The van der Waals surface area contributed by atoms with Crippen molar-refractivity contribution in [3.05, 3.63) is 0 Å². The molecule has 0 aliphatic carbocycles. The van der Waals surface area contributed by atoms with Crippen LogP contribution < -0.4 is 0 Å². The minimum absolute atomic E-state index is 0.892. The molecule has 0 aliphatic rings. The van der Waals surface area contributed by atoms with E-state index >= 15 is 0 Å². The van der Waals surface area contributed by atoms with E-state index in [9.17, 15) is 0 Å². The van der Waals surface area contributed by atoms with Crippen molar-refractivity contribution >= 4 is 0 Å². The maximum Gasteiger partial charge on any atom is -0.00187 e. The van der Waals surface area contributed by atoms with Crippen molar-refractivity contribution in [1.82, 2.24) is 4.90 Å². The van der Waals surface area contributed by atoms with Gasteiger partial charge in [0.15, 0.2) is 0 Å². The molecule has 39 heavy (non-hydrogen) atoms. The van der Waals surface area contributed by atoms with Crippen molar-refractivity contribution in [3.8, 4) is 0 Å². The number of unbranched alkanes of at least 4 members (excludes halogenated alkanes) is 23. The Hall–Kier alpha value is -0.0400. The summed E-state index contributed by atoms with van der Waals surface area (Å²) in [6.07, 6.45) is 40.8. The van der Waals surface area contributed by atoms with Gasteiger partial charge in [-0.25, -0.2) is 0 Å². The zero-order valence-electron chi connectivity index (χ0n) is 28.5. The van der Waals surface area contributed by atoms with Gasteiger partial charge in [0.1, 0.15) is 0 Å². The van der Waals surface area contributed by atoms with Gasteiger partial charge < -0.3 is 4.90 Å². The summed E-state index contributed by atoms with van der Waals surface area (Å²) in [7, 11) is 0. The summed E-state index contributed by atoms with van der Waals surface area (Å²) in [6.45, 7) is 15.8. The van der Waals surface area contributed by atoms with E-state index in [0.717, 1.165) is 11.8 Å². The lowest BCUT2D eigenvalue weighted by atomic mass is 10.0. The lowest BCUT2D eigenvalue weighted by Crippen LogP contribution is -2.27. The molecule has 0 bridgehead atoms. The van der Waals surface area contributed by atoms with E-state index in [1.165, 1.54) is 199 Å². The predicted molar refractivity (Wildman–Crippen MR) is 181 cm³/mol. The summed E-state index contributed by atoms with van der Waals surface area (Å²) in [5.41, 5.74) is 0. The van der Waals surface area contributed by atoms with Gasteiger partial charge in [0.25, 0.3) is 0 Å². The molecule has 236 valence electrons. The molecular formula is C38H79N. The van der Waals surface area contributed by atoms with Crippen LogP contribution >= 0.6 is 0 Å². The highest BCUT2D eigenvalue weighted by molar-refractivity contribution is 4.60. The second kappa shape index (κ2) is 32.5. The maximum absolute atomic E-state index is 2.80. The SMILES string of the molecule is CCCCN(CCCCCCCCCCCCCCC(C)C)CCCCCCCCCCCCCCC(C)C. The van der Waals surface area contributed by atoms with Crippen LogP contribution in [0.15, 0.2) is 0 Å². The first-order valence-electron chi connectivity index (χ1n) is 18.8. The zero-order chi connectivity index (χ0) is 28.7. The first kappa shape index (κ1) is 39.0. The van der Waals surface area contributed by atoms with Crippen LogP contribution in [-0.4, -0.2) is 24.5 Å². The topological polar surface area (TPSA) is 3.24 Å². The average Bonchev–Trinajstić information content (AvgIpc) is 2.91. The molecule has 1 nitrogen and oxygen atoms in total. The molecule has 0 aromatic heterocycles. The van der Waals surface area contributed by atoms with Crippen LogP contribution in [-0.2, 0) is 0 Å². The van der Waals surface area contributed by atoms with Gasteiger partial charge in [0, 0.05) is 0 Å². The van der Waals surface area contributed by atoms with Gasteiger partial charge in [-0.2, -0.15) is 0 Å². The number of rotatable bonds is 33. The molecule has 0 spiro atoms. The Morgan fingerprint density at radius 2 is 0.538 bits per heavy atom. The highest BCUT2D eigenvalue weighted by atomic mass is 15.1. The third-order valence-electron chi connectivity index (χ3n) is 8.84. The summed E-state index contributed by atoms with van der Waals surface area (Å²) in [6, 6.07) is 0. The lowest BCUT2D eigenvalue weighted by molar-refractivity contribution is 0.256. The smallest absolute Gasteiger partial charge is 0.00187 e. The Labute approximate surface area is 250 Å². The minimum Gasteiger partial charge on any atom is -0.303 e. The van der Waals surface area contributed by atoms with E-state index in [-0.39, 0.29) is 0 Å². The fourth-order valence-electron chi connectivity index (χ4n) is 6.03. The molecule has 0 unspecified atom stereocenters. The molecule has 0 radical (unpaired) electrons. The summed E-state index contributed by atoms with van der Waals surface area (Å²) in [5.74, 6) is 1.78. The second-order valence-electron chi connectivity index (χ2n) is 14.0. The van der Waals surface area contributed by atoms with E-state index in [0.29, 0.717) is 0 Å². The molecule has 0 aliphatic heterocycles. The standard InChI is InChI=1S/C38H79N/c1-6-7-34-39(35-30-26-22-18-14-10-8-12-16-20-24-28-32-37(2)3)36-31-27-23-19-15-11-9-13-17-21-25-29-33-38(4)5/h37-38H,6-36H2,1-5H3. The van der Waals surface area contributed by atoms with Crippen molar-refractivity contribution in [1.29, 1.82) is 0 Å². The highest BCUT2D eigenvalue weighted by Gasteiger charge is 2.04. The monoisotopic (exact) mass is 550 g/mol. The van der Waals surface area contributed by atoms with Gasteiger partial charge in [-0.05, 0) is 50.7 Å². The molecule has 0 aromatic carbocycles. The Kier molecular flexibility index (Phi) is 32.4. The Morgan fingerprint density at radius 1 is 0.308 bits per heavy atom. The molecule has 0 N–H and O–H groups in total. The summed E-state index contributed by atoms with van der Waals surface area (Å²) in [4.78, 5) is 2.80. The zero-order valence-corrected chi connectivity index (χ0v) is 28.5. The van der Waals surface area contributed by atoms with Crippen molar-refractivity contribution in [3.63, 3.8) is 0 Å². The third-order valence-corrected chi connectivity index (χ3v) is 8.84. The maximum atomic E-state index is 2.80. The van der Waals surface area contributed by atoms with Crippen LogP contribution in [0, 0.1) is 11.8 Å². The molecule has 0 saturated heterocycles. The van der Waals surface area contributed by atoms with Gasteiger partial charge in [-0.15, -0.1) is 0 Å². The molecule has 1 heteroatoms. The summed E-state index contributed by atoms with van der Waals surface area (Å²) < 4.78 is 0. The molecule has 0 fully saturated rings. The van der Waals surface area contributed by atoms with Crippen molar-refractivity contribution in [2.45, 2.75) is 214 Å². The van der Waals surface area contributed by atoms with Gasteiger partial charge in [-0.3, -0.25) is 0 Å². The van der Waals surface area contributed by atoms with E-state index < -0.39 is 0 Å². The van der Waals surface area contributed by atoms with Crippen LogP contribution in [0.1, 0.15) is 214 Å². The summed E-state index contributed by atoms with van der Waals surface area (Å²) in [5, 5.41) is 0. The largest absolute Gasteiger partial charge is 0.303 e. The van der Waals surface area contributed by atoms with Crippen LogP contribution in [0.25, 0.3) is 0 Å². The molecule has 0 atom stereocenters. The van der Waals surface area contributed by atoms with E-state index in [1.54, 1.807) is 0 Å². The predicted octanol–water partition coefficient (Wildman–Crippen LogP) is 13.5. The fourth-order valence-corrected chi connectivity index (χ4v) is 6.03. The van der Waals surface area contributed by atoms with Crippen LogP contribution in [0.2, 0.25) is 0 Å². The van der Waals surface area contributed by atoms with Crippen molar-refractivity contribution in [2.24, 2.45) is 11.8 Å². The molecule has 0 rings (SSSR count). The van der Waals surface area contributed by atoms with Gasteiger partial charge in [0.05, 0.1) is 0 Å². The van der Waals surface area contributed by atoms with Gasteiger partial charge >= 0.3 is 0 Å². The fraction of sp³-hybridized carbons (Fsp3) is 1.00. The van der Waals surface area contributed by atoms with Gasteiger partial charge in [0.2, 0.25) is 0 Å². The Bertz CT molecular complexity index is 392. The van der Waals surface area contributed by atoms with Crippen molar-refractivity contribution < 1.29 is 0 Å². The Balaban J connectivity index is 3.48. The molecule has 0 heterocycles. The number of hydrogen-bond acceptors (Lipinski definition) is 1. The normalized spacial score (nSPS) is 12.0. The second-order valence-corrected chi connectivity index (χ2v) is 14.0. The highest BCUT2D eigenvalue weighted by Crippen LogP contribution is 2.16. The number of nitrogens with zero attached hydrogens (tertiary/aromatic N) is 1. The van der Waals surface area contributed by atoms with Crippen LogP contribution in [0.5, 0.6) is 0 Å². The summed E-state index contributed by atoms with van der Waals surface area (Å²) >= 11 is 0. The Morgan fingerprint density at radius 3 is 0.795 bits per heavy atom. The molecule has 0 saturated carbocycles. The minimum atomic E-state index is 0.892. The molecule has 0 amide bonds. The first-order chi connectivity index (χ1) is 19.1. The molecular weight excluding hydrogens is 470 g/mol. The lowest BCUT2D eigenvalue weighted by Gasteiger charge is -2.22. The first-order valence-corrected chi connectivity index (χ1v) is 18.8. The van der Waals surface area contributed by atoms with E-state index in [2.05, 4.69) is 39.5 Å². The van der Waals surface area contributed by atoms with Crippen LogP contribution in [0.3, 0.4) is 0 Å². The van der Waals surface area contributed by atoms with Crippen LogP contribution in [0.4, 0.5) is 0 Å². The molecule has 0 aromatic rings. The van der Waals surface area contributed by atoms with E-state index in [1.807, 2.05) is 0 Å².